The van der Waals surface area contributed by atoms with E-state index in [1.807, 2.05) is 36.4 Å². The van der Waals surface area contributed by atoms with Crippen LogP contribution in [0.5, 0.6) is 0 Å². The fraction of sp³-hybridized carbons (Fsp3) is 0.174. The number of hydrogen-bond donors (Lipinski definition) is 0. The minimum Gasteiger partial charge on any atom is -0.378 e. The number of methoxy groups -OCH3 is 1. The standard InChI is InChI=1S/C23H19FN4O/c1-29-17-13-28(14-17)23-19-9-8-15(18-6-2-3-7-20(18)24)11-21(19)26-22(27-23)16-5-4-10-25-12-16/h2-12,17H,13-14H2,1H3. The van der Waals surface area contributed by atoms with Gasteiger partial charge in [0.2, 0.25) is 0 Å². The molecular weight excluding hydrogens is 367 g/mol. The van der Waals surface area contributed by atoms with E-state index >= 15 is 0 Å². The lowest BCUT2D eigenvalue weighted by Crippen LogP contribution is -2.52. The first-order valence-corrected chi connectivity index (χ1v) is 9.48. The molecule has 2 aromatic heterocycles. The second-order valence-corrected chi connectivity index (χ2v) is 7.09. The van der Waals surface area contributed by atoms with Gasteiger partial charge in [0.05, 0.1) is 11.6 Å². The van der Waals surface area contributed by atoms with Gasteiger partial charge in [0.25, 0.3) is 0 Å². The van der Waals surface area contributed by atoms with Crippen LogP contribution in [0.1, 0.15) is 0 Å². The van der Waals surface area contributed by atoms with Crippen LogP contribution in [0.2, 0.25) is 0 Å². The number of benzene rings is 2. The van der Waals surface area contributed by atoms with Crippen molar-refractivity contribution >= 4 is 16.7 Å². The highest BCUT2D eigenvalue weighted by atomic mass is 19.1. The average Bonchev–Trinajstić information content (AvgIpc) is 2.73. The maximum Gasteiger partial charge on any atom is 0.163 e. The Morgan fingerprint density at radius 1 is 1.00 bits per heavy atom. The van der Waals surface area contributed by atoms with Gasteiger partial charge in [-0.05, 0) is 35.9 Å². The van der Waals surface area contributed by atoms with Crippen LogP contribution in [0.4, 0.5) is 10.2 Å². The van der Waals surface area contributed by atoms with Crippen LogP contribution < -0.4 is 4.90 Å². The molecule has 4 aromatic rings. The van der Waals surface area contributed by atoms with E-state index in [1.54, 1.807) is 31.6 Å². The predicted molar refractivity (Wildman–Crippen MR) is 111 cm³/mol. The van der Waals surface area contributed by atoms with Crippen LogP contribution in [0.3, 0.4) is 0 Å². The Morgan fingerprint density at radius 3 is 2.62 bits per heavy atom. The molecule has 0 spiro atoms. The molecule has 0 atom stereocenters. The lowest BCUT2D eigenvalue weighted by Gasteiger charge is -2.39. The molecule has 1 saturated heterocycles. The summed E-state index contributed by atoms with van der Waals surface area (Å²) >= 11 is 0. The topological polar surface area (TPSA) is 51.1 Å². The third-order valence-corrected chi connectivity index (χ3v) is 5.26. The van der Waals surface area contributed by atoms with Gasteiger partial charge in [0.15, 0.2) is 5.82 Å². The molecule has 1 fully saturated rings. The smallest absolute Gasteiger partial charge is 0.163 e. The number of aromatic nitrogens is 3. The number of halogens is 1. The first-order chi connectivity index (χ1) is 14.2. The maximum absolute atomic E-state index is 14.3. The first-order valence-electron chi connectivity index (χ1n) is 9.48. The monoisotopic (exact) mass is 386 g/mol. The summed E-state index contributed by atoms with van der Waals surface area (Å²) in [6.07, 6.45) is 3.68. The number of hydrogen-bond acceptors (Lipinski definition) is 5. The summed E-state index contributed by atoms with van der Waals surface area (Å²) in [6, 6.07) is 16.4. The van der Waals surface area contributed by atoms with Crippen molar-refractivity contribution in [3.63, 3.8) is 0 Å². The van der Waals surface area contributed by atoms with E-state index in [0.29, 0.717) is 11.4 Å². The molecule has 0 aliphatic carbocycles. The van der Waals surface area contributed by atoms with Gasteiger partial charge in [-0.25, -0.2) is 14.4 Å². The zero-order valence-electron chi connectivity index (χ0n) is 15.9. The molecular formula is C23H19FN4O. The Kier molecular flexibility index (Phi) is 4.41. The third kappa shape index (κ3) is 3.21. The van der Waals surface area contributed by atoms with Gasteiger partial charge in [0.1, 0.15) is 11.6 Å². The largest absolute Gasteiger partial charge is 0.378 e. The highest BCUT2D eigenvalue weighted by Crippen LogP contribution is 2.33. The van der Waals surface area contributed by atoms with E-state index in [1.165, 1.54) is 6.07 Å². The predicted octanol–water partition coefficient (Wildman–Crippen LogP) is 4.33. The van der Waals surface area contributed by atoms with Crippen LogP contribution in [0, 0.1) is 5.82 Å². The molecule has 0 N–H and O–H groups in total. The molecule has 5 rings (SSSR count). The lowest BCUT2D eigenvalue weighted by molar-refractivity contribution is 0.0785. The van der Waals surface area contributed by atoms with E-state index in [0.717, 1.165) is 40.9 Å². The number of ether oxygens (including phenoxy) is 1. The number of pyridine rings is 1. The van der Waals surface area contributed by atoms with Crippen molar-refractivity contribution in [2.24, 2.45) is 0 Å². The Hall–Kier alpha value is -3.38. The van der Waals surface area contributed by atoms with Crippen LogP contribution >= 0.6 is 0 Å². The highest BCUT2D eigenvalue weighted by Gasteiger charge is 2.29. The molecule has 0 amide bonds. The van der Waals surface area contributed by atoms with E-state index in [9.17, 15) is 4.39 Å². The van der Waals surface area contributed by atoms with Crippen LogP contribution in [-0.4, -0.2) is 41.3 Å². The SMILES string of the molecule is COC1CN(c2nc(-c3cccnc3)nc3cc(-c4ccccc4F)ccc23)C1. The van der Waals surface area contributed by atoms with Crippen molar-refractivity contribution in [2.45, 2.75) is 6.10 Å². The summed E-state index contributed by atoms with van der Waals surface area (Å²) < 4.78 is 19.7. The number of nitrogens with zero attached hydrogens (tertiary/aromatic N) is 4. The molecule has 1 aliphatic heterocycles. The van der Waals surface area contributed by atoms with Gasteiger partial charge in [-0.3, -0.25) is 4.98 Å². The van der Waals surface area contributed by atoms with Crippen molar-refractivity contribution in [1.82, 2.24) is 15.0 Å². The summed E-state index contributed by atoms with van der Waals surface area (Å²) in [4.78, 5) is 16.0. The Morgan fingerprint density at radius 2 is 1.86 bits per heavy atom. The van der Waals surface area contributed by atoms with Gasteiger partial charge in [-0.1, -0.05) is 24.3 Å². The van der Waals surface area contributed by atoms with Crippen molar-refractivity contribution in [2.75, 3.05) is 25.1 Å². The Labute approximate surface area is 167 Å². The normalized spacial score (nSPS) is 14.2. The van der Waals surface area contributed by atoms with E-state index < -0.39 is 0 Å². The molecule has 3 heterocycles. The van der Waals surface area contributed by atoms with Crippen molar-refractivity contribution in [3.05, 3.63) is 72.8 Å². The van der Waals surface area contributed by atoms with Gasteiger partial charge in [-0.2, -0.15) is 0 Å². The zero-order valence-corrected chi connectivity index (χ0v) is 15.9. The zero-order chi connectivity index (χ0) is 19.8. The summed E-state index contributed by atoms with van der Waals surface area (Å²) in [5, 5.41) is 0.937. The molecule has 29 heavy (non-hydrogen) atoms. The minimum atomic E-state index is -0.251. The van der Waals surface area contributed by atoms with Gasteiger partial charge in [0, 0.05) is 49.1 Å². The molecule has 144 valence electrons. The number of fused-ring (bicyclic) bond motifs is 1. The Balaban J connectivity index is 1.67. The van der Waals surface area contributed by atoms with Crippen LogP contribution in [-0.2, 0) is 4.74 Å². The quantitative estimate of drug-likeness (QED) is 0.522. The molecule has 0 radical (unpaired) electrons. The van der Waals surface area contributed by atoms with Crippen molar-refractivity contribution in [1.29, 1.82) is 0 Å². The average molecular weight is 386 g/mol. The molecule has 0 bridgehead atoms. The Bertz CT molecular complexity index is 1180. The number of rotatable bonds is 4. The van der Waals surface area contributed by atoms with Gasteiger partial charge in [-0.15, -0.1) is 0 Å². The summed E-state index contributed by atoms with van der Waals surface area (Å²) in [6.45, 7) is 1.56. The van der Waals surface area contributed by atoms with Gasteiger partial charge < -0.3 is 9.64 Å². The highest BCUT2D eigenvalue weighted by molar-refractivity contribution is 5.94. The van der Waals surface area contributed by atoms with E-state index in [-0.39, 0.29) is 11.9 Å². The van der Waals surface area contributed by atoms with E-state index in [2.05, 4.69) is 9.88 Å². The molecule has 6 heteroatoms. The summed E-state index contributed by atoms with van der Waals surface area (Å²) in [7, 11) is 1.72. The van der Waals surface area contributed by atoms with Crippen LogP contribution in [0.15, 0.2) is 67.0 Å². The fourth-order valence-electron chi connectivity index (χ4n) is 3.60. The van der Waals surface area contributed by atoms with Gasteiger partial charge >= 0.3 is 0 Å². The summed E-state index contributed by atoms with van der Waals surface area (Å²) in [5.41, 5.74) is 2.96. The second kappa shape index (κ2) is 7.22. The number of anilines is 1. The summed E-state index contributed by atoms with van der Waals surface area (Å²) in [5.74, 6) is 1.22. The molecule has 5 nitrogen and oxygen atoms in total. The van der Waals surface area contributed by atoms with E-state index in [4.69, 9.17) is 14.7 Å². The molecule has 0 saturated carbocycles. The van der Waals surface area contributed by atoms with Crippen LogP contribution in [0.25, 0.3) is 33.4 Å². The molecule has 1 aliphatic rings. The van der Waals surface area contributed by atoms with Crippen molar-refractivity contribution < 1.29 is 9.13 Å². The maximum atomic E-state index is 14.3. The second-order valence-electron chi connectivity index (χ2n) is 7.09. The fourth-order valence-corrected chi connectivity index (χ4v) is 3.60. The lowest BCUT2D eigenvalue weighted by atomic mass is 10.0. The first kappa shape index (κ1) is 17.7. The minimum absolute atomic E-state index is 0.208. The molecule has 2 aromatic carbocycles. The molecule has 0 unspecified atom stereocenters. The third-order valence-electron chi connectivity index (χ3n) is 5.26. The van der Waals surface area contributed by atoms with Crippen molar-refractivity contribution in [3.8, 4) is 22.5 Å².